The molecule has 3 rings (SSSR count). The van der Waals surface area contributed by atoms with Gasteiger partial charge < -0.3 is 10.6 Å². The van der Waals surface area contributed by atoms with Gasteiger partial charge in [-0.1, -0.05) is 11.6 Å². The van der Waals surface area contributed by atoms with Gasteiger partial charge in [0.15, 0.2) is 0 Å². The minimum Gasteiger partial charge on any atom is -0.340 e. The van der Waals surface area contributed by atoms with Crippen LogP contribution in [0.5, 0.6) is 0 Å². The molecule has 5 nitrogen and oxygen atoms in total. The highest BCUT2D eigenvalue weighted by molar-refractivity contribution is 5.91. The molecule has 0 fully saturated rings. The predicted octanol–water partition coefficient (Wildman–Crippen LogP) is 3.25. The summed E-state index contributed by atoms with van der Waals surface area (Å²) in [5.41, 5.74) is 3.70. The van der Waals surface area contributed by atoms with Crippen LogP contribution in [-0.4, -0.2) is 16.4 Å². The zero-order chi connectivity index (χ0) is 14.7. The fourth-order valence-corrected chi connectivity index (χ4v) is 2.12. The van der Waals surface area contributed by atoms with Gasteiger partial charge in [0.25, 0.3) is 0 Å². The molecular weight excluding hydrogens is 264 g/mol. The van der Waals surface area contributed by atoms with Crippen LogP contribution in [0.3, 0.4) is 0 Å². The number of fused-ring (bicyclic) bond motifs is 1. The number of amides is 1. The van der Waals surface area contributed by atoms with Gasteiger partial charge >= 0.3 is 0 Å². The summed E-state index contributed by atoms with van der Waals surface area (Å²) in [5, 5.41) is 6.86. The standard InChI is InChI=1S/C16H14N4O/c1-11-2-7-15-14(8-11)16(18-9-17-15)20-13-5-3-12(4-6-13)19-10-21/h2-10H,1H3,(H,19,21)(H,17,18,20). The lowest BCUT2D eigenvalue weighted by Crippen LogP contribution is -1.97. The Morgan fingerprint density at radius 1 is 1.00 bits per heavy atom. The lowest BCUT2D eigenvalue weighted by Gasteiger charge is -2.09. The molecule has 2 N–H and O–H groups in total. The molecule has 2 aromatic carbocycles. The summed E-state index contributed by atoms with van der Waals surface area (Å²) in [6.45, 7) is 2.04. The first-order valence-electron chi connectivity index (χ1n) is 6.55. The molecule has 0 spiro atoms. The van der Waals surface area contributed by atoms with Crippen LogP contribution in [-0.2, 0) is 4.79 Å². The summed E-state index contributed by atoms with van der Waals surface area (Å²) < 4.78 is 0. The molecule has 0 aliphatic carbocycles. The first kappa shape index (κ1) is 13.1. The van der Waals surface area contributed by atoms with Gasteiger partial charge in [0, 0.05) is 16.8 Å². The van der Waals surface area contributed by atoms with Crippen LogP contribution in [0.25, 0.3) is 10.9 Å². The Morgan fingerprint density at radius 3 is 2.52 bits per heavy atom. The number of anilines is 3. The monoisotopic (exact) mass is 278 g/mol. The van der Waals surface area contributed by atoms with Crippen molar-refractivity contribution in [2.75, 3.05) is 10.6 Å². The number of hydrogen-bond acceptors (Lipinski definition) is 4. The molecule has 104 valence electrons. The molecule has 0 aliphatic rings. The zero-order valence-corrected chi connectivity index (χ0v) is 11.5. The van der Waals surface area contributed by atoms with Gasteiger partial charge in [-0.25, -0.2) is 9.97 Å². The molecule has 1 heterocycles. The molecule has 0 atom stereocenters. The zero-order valence-electron chi connectivity index (χ0n) is 11.5. The van der Waals surface area contributed by atoms with E-state index in [4.69, 9.17) is 0 Å². The minimum absolute atomic E-state index is 0.656. The van der Waals surface area contributed by atoms with Crippen molar-refractivity contribution in [1.29, 1.82) is 0 Å². The number of benzene rings is 2. The molecule has 0 unspecified atom stereocenters. The van der Waals surface area contributed by atoms with E-state index in [1.54, 1.807) is 6.33 Å². The molecule has 0 bridgehead atoms. The quantitative estimate of drug-likeness (QED) is 0.719. The van der Waals surface area contributed by atoms with E-state index in [0.29, 0.717) is 6.41 Å². The SMILES string of the molecule is Cc1ccc2ncnc(Nc3ccc(NC=O)cc3)c2c1. The molecule has 3 aromatic rings. The van der Waals surface area contributed by atoms with Gasteiger partial charge in [-0.2, -0.15) is 0 Å². The molecule has 0 saturated carbocycles. The maximum absolute atomic E-state index is 10.4. The van der Waals surface area contributed by atoms with E-state index in [2.05, 4.69) is 26.7 Å². The summed E-state index contributed by atoms with van der Waals surface area (Å²) >= 11 is 0. The minimum atomic E-state index is 0.656. The normalized spacial score (nSPS) is 10.3. The van der Waals surface area contributed by atoms with Crippen molar-refractivity contribution in [3.63, 3.8) is 0 Å². The lowest BCUT2D eigenvalue weighted by atomic mass is 10.1. The molecule has 1 aromatic heterocycles. The van der Waals surface area contributed by atoms with Crippen LogP contribution in [0.4, 0.5) is 17.2 Å². The van der Waals surface area contributed by atoms with Gasteiger partial charge in [0.2, 0.25) is 6.41 Å². The summed E-state index contributed by atoms with van der Waals surface area (Å²) in [7, 11) is 0. The van der Waals surface area contributed by atoms with Crippen molar-refractivity contribution in [3.05, 3.63) is 54.4 Å². The first-order chi connectivity index (χ1) is 10.3. The van der Waals surface area contributed by atoms with E-state index in [-0.39, 0.29) is 0 Å². The van der Waals surface area contributed by atoms with Crippen LogP contribution in [0.2, 0.25) is 0 Å². The highest BCUT2D eigenvalue weighted by atomic mass is 16.1. The highest BCUT2D eigenvalue weighted by Crippen LogP contribution is 2.24. The summed E-state index contributed by atoms with van der Waals surface area (Å²) in [4.78, 5) is 19.0. The Hall–Kier alpha value is -2.95. The Labute approximate surface area is 122 Å². The fraction of sp³-hybridized carbons (Fsp3) is 0.0625. The highest BCUT2D eigenvalue weighted by Gasteiger charge is 2.04. The van der Waals surface area contributed by atoms with Crippen molar-refractivity contribution < 1.29 is 4.79 Å². The lowest BCUT2D eigenvalue weighted by molar-refractivity contribution is -0.105. The van der Waals surface area contributed by atoms with Gasteiger partial charge in [0.05, 0.1) is 5.52 Å². The third-order valence-electron chi connectivity index (χ3n) is 3.16. The number of nitrogens with one attached hydrogen (secondary N) is 2. The third kappa shape index (κ3) is 2.81. The Kier molecular flexibility index (Phi) is 3.47. The van der Waals surface area contributed by atoms with Crippen LogP contribution in [0, 0.1) is 6.92 Å². The fourth-order valence-electron chi connectivity index (χ4n) is 2.12. The van der Waals surface area contributed by atoms with Gasteiger partial charge in [0.1, 0.15) is 12.1 Å². The second-order valence-electron chi connectivity index (χ2n) is 4.71. The first-order valence-corrected chi connectivity index (χ1v) is 6.55. The molecule has 21 heavy (non-hydrogen) atoms. The van der Waals surface area contributed by atoms with Crippen molar-refractivity contribution in [3.8, 4) is 0 Å². The topological polar surface area (TPSA) is 66.9 Å². The van der Waals surface area contributed by atoms with Crippen LogP contribution >= 0.6 is 0 Å². The second kappa shape index (κ2) is 5.58. The van der Waals surface area contributed by atoms with E-state index < -0.39 is 0 Å². The number of nitrogens with zero attached hydrogens (tertiary/aromatic N) is 2. The van der Waals surface area contributed by atoms with Crippen molar-refractivity contribution in [1.82, 2.24) is 9.97 Å². The summed E-state index contributed by atoms with van der Waals surface area (Å²) in [6.07, 6.45) is 2.20. The molecule has 0 saturated heterocycles. The average molecular weight is 278 g/mol. The number of carbonyl (C=O) groups is 1. The molecule has 0 radical (unpaired) electrons. The van der Waals surface area contributed by atoms with Crippen molar-refractivity contribution >= 4 is 34.5 Å². The average Bonchev–Trinajstić information content (AvgIpc) is 2.50. The maximum Gasteiger partial charge on any atom is 0.211 e. The van der Waals surface area contributed by atoms with Crippen LogP contribution < -0.4 is 10.6 Å². The smallest absolute Gasteiger partial charge is 0.211 e. The van der Waals surface area contributed by atoms with E-state index in [9.17, 15) is 4.79 Å². The van der Waals surface area contributed by atoms with E-state index in [1.165, 1.54) is 0 Å². The Morgan fingerprint density at radius 2 is 1.76 bits per heavy atom. The van der Waals surface area contributed by atoms with Gasteiger partial charge in [-0.15, -0.1) is 0 Å². The largest absolute Gasteiger partial charge is 0.340 e. The van der Waals surface area contributed by atoms with Crippen molar-refractivity contribution in [2.24, 2.45) is 0 Å². The van der Waals surface area contributed by atoms with E-state index in [0.717, 1.165) is 33.7 Å². The molecule has 0 aliphatic heterocycles. The molecule has 5 heteroatoms. The van der Waals surface area contributed by atoms with Gasteiger partial charge in [-0.05, 0) is 43.3 Å². The van der Waals surface area contributed by atoms with Crippen LogP contribution in [0.15, 0.2) is 48.8 Å². The molecule has 1 amide bonds. The number of aromatic nitrogens is 2. The Bertz CT molecular complexity index is 784. The maximum atomic E-state index is 10.4. The van der Waals surface area contributed by atoms with E-state index in [1.807, 2.05) is 43.3 Å². The third-order valence-corrected chi connectivity index (χ3v) is 3.16. The number of hydrogen-bond donors (Lipinski definition) is 2. The number of rotatable bonds is 4. The van der Waals surface area contributed by atoms with E-state index >= 15 is 0 Å². The summed E-state index contributed by atoms with van der Waals surface area (Å²) in [5.74, 6) is 0.764. The number of aryl methyl sites for hydroxylation is 1. The van der Waals surface area contributed by atoms with Gasteiger partial charge in [-0.3, -0.25) is 4.79 Å². The Balaban J connectivity index is 1.94. The number of carbonyl (C=O) groups excluding carboxylic acids is 1. The van der Waals surface area contributed by atoms with Crippen molar-refractivity contribution in [2.45, 2.75) is 6.92 Å². The van der Waals surface area contributed by atoms with Crippen LogP contribution in [0.1, 0.15) is 5.56 Å². The molecular formula is C16H14N4O. The predicted molar refractivity (Wildman–Crippen MR) is 83.7 cm³/mol. The second-order valence-corrected chi connectivity index (χ2v) is 4.71. The summed E-state index contributed by atoms with van der Waals surface area (Å²) in [6, 6.07) is 13.5.